The molecule has 0 saturated carbocycles. The SMILES string of the molecule is C[C@H]1[C@H](CO)[C@H](c2ccccc2)O[C@@]1(CO)c1ccccc1. The molecule has 3 heteroatoms. The lowest BCUT2D eigenvalue weighted by Crippen LogP contribution is -2.37. The summed E-state index contributed by atoms with van der Waals surface area (Å²) in [5.74, 6) is -0.0372. The Kier molecular flexibility index (Phi) is 4.30. The third-order valence-electron chi connectivity index (χ3n) is 4.94. The van der Waals surface area contributed by atoms with E-state index in [2.05, 4.69) is 0 Å². The summed E-state index contributed by atoms with van der Waals surface area (Å²) < 4.78 is 6.38. The van der Waals surface area contributed by atoms with Crippen molar-refractivity contribution >= 4 is 0 Å². The highest BCUT2D eigenvalue weighted by atomic mass is 16.5. The van der Waals surface area contributed by atoms with Gasteiger partial charge in [0.2, 0.25) is 0 Å². The van der Waals surface area contributed by atoms with Crippen LogP contribution in [0.2, 0.25) is 0 Å². The highest BCUT2D eigenvalue weighted by Crippen LogP contribution is 2.52. The van der Waals surface area contributed by atoms with Crippen LogP contribution in [0, 0.1) is 11.8 Å². The monoisotopic (exact) mass is 298 g/mol. The molecule has 1 heterocycles. The zero-order valence-corrected chi connectivity index (χ0v) is 12.7. The van der Waals surface area contributed by atoms with Crippen LogP contribution in [0.25, 0.3) is 0 Å². The first-order valence-electron chi connectivity index (χ1n) is 7.73. The number of aliphatic hydroxyl groups excluding tert-OH is 2. The third kappa shape index (κ3) is 2.35. The summed E-state index contributed by atoms with van der Waals surface area (Å²) in [5, 5.41) is 20.0. The molecule has 3 rings (SSSR count). The van der Waals surface area contributed by atoms with Crippen LogP contribution in [-0.2, 0) is 10.3 Å². The molecule has 1 aliphatic heterocycles. The van der Waals surface area contributed by atoms with E-state index in [9.17, 15) is 10.2 Å². The minimum atomic E-state index is -0.769. The molecule has 2 aromatic rings. The standard InChI is InChI=1S/C19H22O3/c1-14-17(12-20)18(15-8-4-2-5-9-15)22-19(14,13-21)16-10-6-3-7-11-16/h2-11,14,17-18,20-21H,12-13H2,1H3/t14-,17-,18-,19+/m0/s1. The van der Waals surface area contributed by atoms with E-state index in [0.717, 1.165) is 11.1 Å². The summed E-state index contributed by atoms with van der Waals surface area (Å²) in [6.07, 6.45) is -0.214. The average molecular weight is 298 g/mol. The summed E-state index contributed by atoms with van der Waals surface area (Å²) in [5.41, 5.74) is 1.23. The molecule has 0 radical (unpaired) electrons. The van der Waals surface area contributed by atoms with Crippen LogP contribution in [0.3, 0.4) is 0 Å². The molecule has 0 spiro atoms. The van der Waals surface area contributed by atoms with Crippen molar-refractivity contribution in [2.75, 3.05) is 13.2 Å². The second kappa shape index (κ2) is 6.21. The van der Waals surface area contributed by atoms with Gasteiger partial charge in [-0.25, -0.2) is 0 Å². The zero-order valence-electron chi connectivity index (χ0n) is 12.7. The number of benzene rings is 2. The Bertz CT molecular complexity index is 599. The lowest BCUT2D eigenvalue weighted by molar-refractivity contribution is -0.0960. The van der Waals surface area contributed by atoms with Crippen LogP contribution >= 0.6 is 0 Å². The van der Waals surface area contributed by atoms with Gasteiger partial charge in [-0.3, -0.25) is 0 Å². The first kappa shape index (κ1) is 15.2. The van der Waals surface area contributed by atoms with Gasteiger partial charge >= 0.3 is 0 Å². The fraction of sp³-hybridized carbons (Fsp3) is 0.368. The maximum Gasteiger partial charge on any atom is 0.120 e. The first-order chi connectivity index (χ1) is 10.7. The first-order valence-corrected chi connectivity index (χ1v) is 7.73. The minimum Gasteiger partial charge on any atom is -0.396 e. The lowest BCUT2D eigenvalue weighted by atomic mass is 9.76. The van der Waals surface area contributed by atoms with Crippen LogP contribution in [0.15, 0.2) is 60.7 Å². The van der Waals surface area contributed by atoms with E-state index in [4.69, 9.17) is 4.74 Å². The average Bonchev–Trinajstić information content (AvgIpc) is 2.89. The van der Waals surface area contributed by atoms with Crippen molar-refractivity contribution in [2.24, 2.45) is 11.8 Å². The number of rotatable bonds is 4. The van der Waals surface area contributed by atoms with Gasteiger partial charge in [0.05, 0.1) is 12.7 Å². The van der Waals surface area contributed by atoms with E-state index < -0.39 is 5.60 Å². The molecule has 2 N–H and O–H groups in total. The summed E-state index contributed by atoms with van der Waals surface area (Å²) in [6.45, 7) is 1.99. The molecule has 2 aromatic carbocycles. The molecule has 1 aliphatic rings. The Morgan fingerprint density at radius 2 is 1.55 bits per heavy atom. The summed E-state index contributed by atoms with van der Waals surface area (Å²) in [7, 11) is 0. The molecule has 1 fully saturated rings. The predicted octanol–water partition coefficient (Wildman–Crippen LogP) is 2.89. The Morgan fingerprint density at radius 3 is 2.09 bits per heavy atom. The number of hydrogen-bond donors (Lipinski definition) is 2. The topological polar surface area (TPSA) is 49.7 Å². The van der Waals surface area contributed by atoms with E-state index >= 15 is 0 Å². The maximum atomic E-state index is 10.1. The van der Waals surface area contributed by atoms with E-state index in [0.29, 0.717) is 0 Å². The molecule has 0 unspecified atom stereocenters. The van der Waals surface area contributed by atoms with Crippen molar-refractivity contribution in [1.82, 2.24) is 0 Å². The number of ether oxygens (including phenoxy) is 1. The molecule has 0 aromatic heterocycles. The van der Waals surface area contributed by atoms with Crippen LogP contribution in [0.4, 0.5) is 0 Å². The molecule has 4 atom stereocenters. The van der Waals surface area contributed by atoms with Gasteiger partial charge in [-0.05, 0) is 17.0 Å². The van der Waals surface area contributed by atoms with Gasteiger partial charge in [0.1, 0.15) is 5.60 Å². The van der Waals surface area contributed by atoms with E-state index in [1.165, 1.54) is 0 Å². The van der Waals surface area contributed by atoms with Gasteiger partial charge in [-0.1, -0.05) is 67.6 Å². The molecule has 0 aliphatic carbocycles. The summed E-state index contributed by atoms with van der Waals surface area (Å²) in [4.78, 5) is 0. The van der Waals surface area contributed by atoms with Crippen molar-refractivity contribution < 1.29 is 14.9 Å². The predicted molar refractivity (Wildman–Crippen MR) is 85.2 cm³/mol. The molecule has 3 nitrogen and oxygen atoms in total. The number of hydrogen-bond acceptors (Lipinski definition) is 3. The molecular weight excluding hydrogens is 276 g/mol. The normalized spacial score (nSPS) is 31.3. The second-order valence-electron chi connectivity index (χ2n) is 6.00. The van der Waals surface area contributed by atoms with Gasteiger partial charge in [0.25, 0.3) is 0 Å². The molecule has 22 heavy (non-hydrogen) atoms. The molecule has 1 saturated heterocycles. The second-order valence-corrected chi connectivity index (χ2v) is 6.00. The molecular formula is C19H22O3. The fourth-order valence-electron chi connectivity index (χ4n) is 3.56. The van der Waals surface area contributed by atoms with Crippen molar-refractivity contribution in [3.63, 3.8) is 0 Å². The van der Waals surface area contributed by atoms with Gasteiger partial charge in [-0.15, -0.1) is 0 Å². The Labute approximate surface area is 131 Å². The minimum absolute atomic E-state index is 0.00936. The van der Waals surface area contributed by atoms with Crippen LogP contribution in [-0.4, -0.2) is 23.4 Å². The van der Waals surface area contributed by atoms with Crippen LogP contribution in [0.1, 0.15) is 24.2 Å². The highest BCUT2D eigenvalue weighted by Gasteiger charge is 2.53. The summed E-state index contributed by atoms with van der Waals surface area (Å²) in [6, 6.07) is 19.7. The highest BCUT2D eigenvalue weighted by molar-refractivity contribution is 5.29. The van der Waals surface area contributed by atoms with Gasteiger partial charge < -0.3 is 14.9 Å². The molecule has 0 amide bonds. The van der Waals surface area contributed by atoms with Crippen LogP contribution < -0.4 is 0 Å². The molecule has 0 bridgehead atoms. The Balaban J connectivity index is 2.03. The van der Waals surface area contributed by atoms with E-state index in [-0.39, 0.29) is 31.2 Å². The van der Waals surface area contributed by atoms with Crippen molar-refractivity contribution in [2.45, 2.75) is 18.6 Å². The summed E-state index contributed by atoms with van der Waals surface area (Å²) >= 11 is 0. The number of aliphatic hydroxyl groups is 2. The Hall–Kier alpha value is -1.68. The zero-order chi connectivity index (χ0) is 15.6. The van der Waals surface area contributed by atoms with Gasteiger partial charge in [0.15, 0.2) is 0 Å². The van der Waals surface area contributed by atoms with Gasteiger partial charge in [-0.2, -0.15) is 0 Å². The van der Waals surface area contributed by atoms with E-state index in [1.54, 1.807) is 0 Å². The largest absolute Gasteiger partial charge is 0.396 e. The third-order valence-corrected chi connectivity index (χ3v) is 4.94. The Morgan fingerprint density at radius 1 is 0.955 bits per heavy atom. The van der Waals surface area contributed by atoms with Crippen molar-refractivity contribution in [3.05, 3.63) is 71.8 Å². The smallest absolute Gasteiger partial charge is 0.120 e. The van der Waals surface area contributed by atoms with Gasteiger partial charge in [0, 0.05) is 12.5 Å². The van der Waals surface area contributed by atoms with Crippen molar-refractivity contribution in [1.29, 1.82) is 0 Å². The van der Waals surface area contributed by atoms with E-state index in [1.807, 2.05) is 67.6 Å². The van der Waals surface area contributed by atoms with Crippen molar-refractivity contribution in [3.8, 4) is 0 Å². The fourth-order valence-corrected chi connectivity index (χ4v) is 3.56. The quantitative estimate of drug-likeness (QED) is 0.912. The molecule has 116 valence electrons. The van der Waals surface area contributed by atoms with Crippen LogP contribution in [0.5, 0.6) is 0 Å². The maximum absolute atomic E-state index is 10.1. The lowest BCUT2D eigenvalue weighted by Gasteiger charge is -2.32.